The van der Waals surface area contributed by atoms with E-state index in [1.165, 1.54) is 5.56 Å². The summed E-state index contributed by atoms with van der Waals surface area (Å²) in [5.41, 5.74) is 4.03. The first kappa shape index (κ1) is 16.1. The van der Waals surface area contributed by atoms with Gasteiger partial charge in [0.05, 0.1) is 5.52 Å². The fourth-order valence-electron chi connectivity index (χ4n) is 2.96. The molecule has 1 amide bonds. The molecule has 0 aliphatic carbocycles. The van der Waals surface area contributed by atoms with Crippen molar-refractivity contribution >= 4 is 22.6 Å². The number of nitrogens with zero attached hydrogens (tertiary/aromatic N) is 2. The molecular weight excluding hydrogens is 300 g/mol. The van der Waals surface area contributed by atoms with Crippen LogP contribution in [0.15, 0.2) is 42.6 Å². The molecule has 24 heavy (non-hydrogen) atoms. The molecule has 0 saturated heterocycles. The number of amides is 1. The number of benzene rings is 1. The van der Waals surface area contributed by atoms with Gasteiger partial charge in [0.15, 0.2) is 0 Å². The highest BCUT2D eigenvalue weighted by Crippen LogP contribution is 2.21. The second kappa shape index (κ2) is 6.74. The Bertz CT molecular complexity index is 882. The summed E-state index contributed by atoms with van der Waals surface area (Å²) in [6.07, 6.45) is 1.76. The van der Waals surface area contributed by atoms with E-state index in [1.807, 2.05) is 48.9 Å². The Hall–Kier alpha value is -2.82. The number of carbonyl (C=O) groups is 1. The SMILES string of the molecule is Cc1cccnc1NCCNC(=O)c1cc2cccc(C)c2n1C. The fraction of sp³-hybridized carbons (Fsp3) is 0.263. The number of rotatable bonds is 5. The Kier molecular flexibility index (Phi) is 4.51. The largest absolute Gasteiger partial charge is 0.368 e. The number of aryl methyl sites for hydroxylation is 3. The van der Waals surface area contributed by atoms with Crippen LogP contribution in [0, 0.1) is 13.8 Å². The molecule has 3 rings (SSSR count). The molecule has 2 heterocycles. The van der Waals surface area contributed by atoms with Crippen LogP contribution in [-0.2, 0) is 7.05 Å². The molecule has 0 saturated carbocycles. The average molecular weight is 322 g/mol. The molecule has 3 aromatic rings. The van der Waals surface area contributed by atoms with Crippen LogP contribution < -0.4 is 10.6 Å². The first-order chi connectivity index (χ1) is 11.6. The maximum atomic E-state index is 12.4. The van der Waals surface area contributed by atoms with E-state index in [4.69, 9.17) is 0 Å². The predicted octanol–water partition coefficient (Wildman–Crippen LogP) is 3.03. The lowest BCUT2D eigenvalue weighted by atomic mass is 10.2. The van der Waals surface area contributed by atoms with E-state index in [0.29, 0.717) is 18.8 Å². The van der Waals surface area contributed by atoms with Gasteiger partial charge in [-0.15, -0.1) is 0 Å². The third-order valence-electron chi connectivity index (χ3n) is 4.20. The summed E-state index contributed by atoms with van der Waals surface area (Å²) in [5, 5.41) is 7.29. The minimum Gasteiger partial charge on any atom is -0.368 e. The van der Waals surface area contributed by atoms with Crippen molar-refractivity contribution < 1.29 is 4.79 Å². The van der Waals surface area contributed by atoms with Crippen molar-refractivity contribution in [2.24, 2.45) is 7.05 Å². The quantitative estimate of drug-likeness (QED) is 0.710. The van der Waals surface area contributed by atoms with E-state index in [-0.39, 0.29) is 5.91 Å². The van der Waals surface area contributed by atoms with Crippen LogP contribution in [0.5, 0.6) is 0 Å². The molecule has 0 fully saturated rings. The summed E-state index contributed by atoms with van der Waals surface area (Å²) in [6.45, 7) is 5.23. The number of anilines is 1. The van der Waals surface area contributed by atoms with E-state index in [9.17, 15) is 4.79 Å². The lowest BCUT2D eigenvalue weighted by Crippen LogP contribution is -2.30. The van der Waals surface area contributed by atoms with Crippen molar-refractivity contribution in [2.75, 3.05) is 18.4 Å². The number of fused-ring (bicyclic) bond motifs is 1. The standard InChI is InChI=1S/C19H22N4O/c1-13-6-4-8-15-12-16(23(3)17(13)15)19(24)22-11-10-21-18-14(2)7-5-9-20-18/h4-9,12H,10-11H2,1-3H3,(H,20,21)(H,22,24). The number of carbonyl (C=O) groups excluding carboxylic acids is 1. The van der Waals surface area contributed by atoms with Gasteiger partial charge < -0.3 is 15.2 Å². The van der Waals surface area contributed by atoms with Gasteiger partial charge >= 0.3 is 0 Å². The Labute approximate surface area is 141 Å². The third-order valence-corrected chi connectivity index (χ3v) is 4.20. The summed E-state index contributed by atoms with van der Waals surface area (Å²) in [5.74, 6) is 0.791. The van der Waals surface area contributed by atoms with Crippen LogP contribution in [0.4, 0.5) is 5.82 Å². The highest BCUT2D eigenvalue weighted by atomic mass is 16.1. The van der Waals surface area contributed by atoms with Gasteiger partial charge in [-0.1, -0.05) is 24.3 Å². The molecule has 0 aliphatic rings. The fourth-order valence-corrected chi connectivity index (χ4v) is 2.96. The minimum atomic E-state index is -0.0624. The Morgan fingerprint density at radius 2 is 1.92 bits per heavy atom. The number of nitrogens with one attached hydrogen (secondary N) is 2. The lowest BCUT2D eigenvalue weighted by molar-refractivity contribution is 0.0947. The number of para-hydroxylation sites is 1. The summed E-state index contributed by atoms with van der Waals surface area (Å²) >= 11 is 0. The highest BCUT2D eigenvalue weighted by molar-refractivity contribution is 5.99. The van der Waals surface area contributed by atoms with Gasteiger partial charge in [-0.25, -0.2) is 4.98 Å². The lowest BCUT2D eigenvalue weighted by Gasteiger charge is -2.10. The molecule has 0 aliphatic heterocycles. The van der Waals surface area contributed by atoms with Crippen molar-refractivity contribution in [3.05, 3.63) is 59.4 Å². The zero-order chi connectivity index (χ0) is 17.1. The van der Waals surface area contributed by atoms with Crippen molar-refractivity contribution in [2.45, 2.75) is 13.8 Å². The molecule has 1 aromatic carbocycles. The Morgan fingerprint density at radius 1 is 1.12 bits per heavy atom. The number of hydrogen-bond acceptors (Lipinski definition) is 3. The average Bonchev–Trinajstić information content (AvgIpc) is 2.91. The van der Waals surface area contributed by atoms with Gasteiger partial charge in [-0.05, 0) is 37.1 Å². The first-order valence-corrected chi connectivity index (χ1v) is 8.06. The first-order valence-electron chi connectivity index (χ1n) is 8.06. The van der Waals surface area contributed by atoms with Crippen LogP contribution >= 0.6 is 0 Å². The van der Waals surface area contributed by atoms with Crippen LogP contribution in [0.25, 0.3) is 10.9 Å². The van der Waals surface area contributed by atoms with Gasteiger partial charge in [-0.2, -0.15) is 0 Å². The van der Waals surface area contributed by atoms with Gasteiger partial charge in [-0.3, -0.25) is 4.79 Å². The van der Waals surface area contributed by atoms with Gasteiger partial charge in [0, 0.05) is 31.7 Å². The van der Waals surface area contributed by atoms with E-state index in [0.717, 1.165) is 22.3 Å². The van der Waals surface area contributed by atoms with E-state index < -0.39 is 0 Å². The van der Waals surface area contributed by atoms with E-state index in [2.05, 4.69) is 28.6 Å². The molecule has 0 spiro atoms. The van der Waals surface area contributed by atoms with Crippen molar-refractivity contribution in [1.82, 2.24) is 14.9 Å². The topological polar surface area (TPSA) is 59.0 Å². The molecule has 0 unspecified atom stereocenters. The molecule has 124 valence electrons. The molecular formula is C19H22N4O. The maximum Gasteiger partial charge on any atom is 0.267 e. The zero-order valence-corrected chi connectivity index (χ0v) is 14.3. The summed E-state index contributed by atoms with van der Waals surface area (Å²) in [6, 6.07) is 12.0. The number of pyridine rings is 1. The molecule has 2 N–H and O–H groups in total. The second-order valence-electron chi connectivity index (χ2n) is 5.95. The summed E-state index contributed by atoms with van der Waals surface area (Å²) in [4.78, 5) is 16.7. The van der Waals surface area contributed by atoms with Gasteiger partial charge in [0.25, 0.3) is 5.91 Å². The van der Waals surface area contributed by atoms with Gasteiger partial charge in [0.1, 0.15) is 11.5 Å². The number of hydrogen-bond donors (Lipinski definition) is 2. The number of aromatic nitrogens is 2. The highest BCUT2D eigenvalue weighted by Gasteiger charge is 2.13. The molecule has 2 aromatic heterocycles. The zero-order valence-electron chi connectivity index (χ0n) is 14.3. The Balaban J connectivity index is 1.63. The minimum absolute atomic E-state index is 0.0624. The normalized spacial score (nSPS) is 10.8. The van der Waals surface area contributed by atoms with Crippen LogP contribution in [0.3, 0.4) is 0 Å². The van der Waals surface area contributed by atoms with Crippen molar-refractivity contribution in [3.8, 4) is 0 Å². The monoisotopic (exact) mass is 322 g/mol. The van der Waals surface area contributed by atoms with E-state index in [1.54, 1.807) is 6.20 Å². The third kappa shape index (κ3) is 3.11. The molecule has 0 bridgehead atoms. The Morgan fingerprint density at radius 3 is 2.67 bits per heavy atom. The molecule has 0 atom stereocenters. The van der Waals surface area contributed by atoms with Crippen molar-refractivity contribution in [3.63, 3.8) is 0 Å². The van der Waals surface area contributed by atoms with Crippen LogP contribution in [-0.4, -0.2) is 28.5 Å². The summed E-state index contributed by atoms with van der Waals surface area (Å²) in [7, 11) is 1.93. The smallest absolute Gasteiger partial charge is 0.267 e. The van der Waals surface area contributed by atoms with Crippen molar-refractivity contribution in [1.29, 1.82) is 0 Å². The summed E-state index contributed by atoms with van der Waals surface area (Å²) < 4.78 is 1.95. The molecule has 5 nitrogen and oxygen atoms in total. The predicted molar refractivity (Wildman–Crippen MR) is 97.5 cm³/mol. The van der Waals surface area contributed by atoms with Gasteiger partial charge in [0.2, 0.25) is 0 Å². The van der Waals surface area contributed by atoms with Crippen LogP contribution in [0.1, 0.15) is 21.6 Å². The maximum absolute atomic E-state index is 12.4. The van der Waals surface area contributed by atoms with E-state index >= 15 is 0 Å². The molecule has 0 radical (unpaired) electrons. The van der Waals surface area contributed by atoms with Crippen LogP contribution in [0.2, 0.25) is 0 Å². The second-order valence-corrected chi connectivity index (χ2v) is 5.95. The molecule has 5 heteroatoms.